The minimum atomic E-state index is -0.971. The van der Waals surface area contributed by atoms with Gasteiger partial charge in [0.1, 0.15) is 6.61 Å². The average molecular weight is 349 g/mol. The van der Waals surface area contributed by atoms with Crippen molar-refractivity contribution in [2.45, 2.75) is 46.1 Å². The van der Waals surface area contributed by atoms with Crippen molar-refractivity contribution in [2.75, 3.05) is 19.8 Å². The molecule has 1 rings (SSSR count). The molecule has 0 radical (unpaired) electrons. The molecule has 1 unspecified atom stereocenters. The van der Waals surface area contributed by atoms with Gasteiger partial charge in [0.2, 0.25) is 0 Å². The molecule has 1 fully saturated rings. The van der Waals surface area contributed by atoms with Crippen molar-refractivity contribution in [3.8, 4) is 0 Å². The van der Waals surface area contributed by atoms with Crippen LogP contribution in [0.5, 0.6) is 0 Å². The average Bonchev–Trinajstić information content (AvgIpc) is 2.70. The van der Waals surface area contributed by atoms with Gasteiger partial charge in [0.25, 0.3) is 10.2 Å². The van der Waals surface area contributed by atoms with E-state index in [-0.39, 0.29) is 25.6 Å². The predicted octanol–water partition coefficient (Wildman–Crippen LogP) is 1.38. The molecule has 0 aliphatic carbocycles. The van der Waals surface area contributed by atoms with E-state index < -0.39 is 27.1 Å². The number of carbonyl (C=O) groups is 1. The van der Waals surface area contributed by atoms with Gasteiger partial charge in [0.05, 0.1) is 17.6 Å². The number of hydroxylamine groups is 2. The maximum atomic E-state index is 12.3. The molecule has 0 bridgehead atoms. The lowest BCUT2D eigenvalue weighted by molar-refractivity contribution is -0.759. The van der Waals surface area contributed by atoms with Crippen LogP contribution in [0.4, 0.5) is 0 Å². The van der Waals surface area contributed by atoms with E-state index in [0.29, 0.717) is 13.0 Å². The van der Waals surface area contributed by atoms with E-state index in [1.807, 2.05) is 13.8 Å². The van der Waals surface area contributed by atoms with Crippen LogP contribution < -0.4 is 0 Å². The Hall–Kier alpha value is -2.17. The van der Waals surface area contributed by atoms with Gasteiger partial charge in [0.15, 0.2) is 0 Å². The Morgan fingerprint density at radius 2 is 1.83 bits per heavy atom. The Morgan fingerprint density at radius 1 is 1.25 bits per heavy atom. The van der Waals surface area contributed by atoms with Gasteiger partial charge in [-0.05, 0) is 40.5 Å². The highest BCUT2D eigenvalue weighted by atomic mass is 17.0. The number of nitrogens with zero attached hydrogens (tertiary/aromatic N) is 3. The highest BCUT2D eigenvalue weighted by Gasteiger charge is 2.45. The topological polar surface area (TPSA) is 134 Å². The molecule has 0 aromatic heterocycles. The number of hydrogen-bond acceptors (Lipinski definition) is 9. The molecule has 24 heavy (non-hydrogen) atoms. The Labute approximate surface area is 139 Å². The molecule has 1 aliphatic heterocycles. The molecule has 0 amide bonds. The Morgan fingerprint density at radius 3 is 2.38 bits per heavy atom. The maximum Gasteiger partial charge on any atom is 0.330 e. The van der Waals surface area contributed by atoms with Gasteiger partial charge in [-0.25, -0.2) is 4.79 Å². The number of hydrogen-bond donors (Lipinski definition) is 0. The molecule has 138 valence electrons. The first-order chi connectivity index (χ1) is 11.0. The summed E-state index contributed by atoms with van der Waals surface area (Å²) in [7, 11) is 0. The van der Waals surface area contributed by atoms with Gasteiger partial charge in [-0.1, -0.05) is 0 Å². The normalized spacial score (nSPS) is 20.4. The molecule has 0 spiro atoms. The van der Waals surface area contributed by atoms with Gasteiger partial charge >= 0.3 is 5.97 Å². The first-order valence-electron chi connectivity index (χ1n) is 7.51. The zero-order valence-corrected chi connectivity index (χ0v) is 14.2. The summed E-state index contributed by atoms with van der Waals surface area (Å²) in [6.07, 6.45) is 0.702. The zero-order chi connectivity index (χ0) is 18.5. The molecule has 1 heterocycles. The summed E-state index contributed by atoms with van der Waals surface area (Å²) in [5.74, 6) is -0.713. The second-order valence-corrected chi connectivity index (χ2v) is 6.83. The number of carbonyl (C=O) groups excluding carboxylic acids is 1. The maximum absolute atomic E-state index is 12.3. The van der Waals surface area contributed by atoms with Crippen LogP contribution in [0.15, 0.2) is 0 Å². The van der Waals surface area contributed by atoms with Crippen molar-refractivity contribution in [1.29, 1.82) is 0 Å². The molecular weight excluding hydrogens is 326 g/mol. The van der Waals surface area contributed by atoms with Crippen LogP contribution in [0.1, 0.15) is 40.5 Å². The third-order valence-electron chi connectivity index (χ3n) is 4.37. The quantitative estimate of drug-likeness (QED) is 0.446. The zero-order valence-electron chi connectivity index (χ0n) is 14.2. The summed E-state index contributed by atoms with van der Waals surface area (Å²) < 4.78 is 0. The summed E-state index contributed by atoms with van der Waals surface area (Å²) in [6, 6.07) is 0. The Kier molecular flexibility index (Phi) is 6.29. The smallest absolute Gasteiger partial charge is 0.330 e. The fraction of sp³-hybridized carbons (Fsp3) is 0.923. The van der Waals surface area contributed by atoms with Crippen molar-refractivity contribution in [2.24, 2.45) is 11.3 Å². The van der Waals surface area contributed by atoms with Crippen LogP contribution in [-0.2, 0) is 19.3 Å². The summed E-state index contributed by atoms with van der Waals surface area (Å²) in [5.41, 5.74) is -1.60. The van der Waals surface area contributed by atoms with E-state index >= 15 is 0 Å². The minimum absolute atomic E-state index is 0.0753. The van der Waals surface area contributed by atoms with Crippen molar-refractivity contribution >= 4 is 5.97 Å². The van der Waals surface area contributed by atoms with E-state index in [0.717, 1.165) is 0 Å². The van der Waals surface area contributed by atoms with Crippen molar-refractivity contribution in [3.63, 3.8) is 0 Å². The third kappa shape index (κ3) is 5.18. The lowest BCUT2D eigenvalue weighted by atomic mass is 9.89. The Bertz CT molecular complexity index is 494. The van der Waals surface area contributed by atoms with Gasteiger partial charge in [0, 0.05) is 12.5 Å². The van der Waals surface area contributed by atoms with Gasteiger partial charge in [-0.3, -0.25) is 0 Å². The molecule has 1 atom stereocenters. The standard InChI is InChI=1S/C13H23N3O8/c1-12(2,6-8-22-15(18)19)11(17)24-14-7-5-10(13(14,3)4)9-23-16(20)21/h10H,5-9H2,1-4H3. The fourth-order valence-corrected chi connectivity index (χ4v) is 2.42. The SMILES string of the molecule is CC(C)(CCO[N+](=O)[O-])C(=O)ON1CCC(CO[N+](=O)[O-])C1(C)C. The van der Waals surface area contributed by atoms with Crippen molar-refractivity contribution in [3.05, 3.63) is 20.2 Å². The molecule has 0 aromatic rings. The van der Waals surface area contributed by atoms with E-state index in [1.165, 1.54) is 5.06 Å². The molecule has 1 aliphatic rings. The summed E-state index contributed by atoms with van der Waals surface area (Å²) in [6.45, 7) is 6.97. The van der Waals surface area contributed by atoms with Crippen LogP contribution in [0.2, 0.25) is 0 Å². The van der Waals surface area contributed by atoms with Crippen LogP contribution >= 0.6 is 0 Å². The summed E-state index contributed by atoms with van der Waals surface area (Å²) in [5, 5.41) is 20.2. The molecular formula is C13H23N3O8. The van der Waals surface area contributed by atoms with E-state index in [4.69, 9.17) is 4.84 Å². The summed E-state index contributed by atoms with van der Waals surface area (Å²) >= 11 is 0. The fourth-order valence-electron chi connectivity index (χ4n) is 2.42. The van der Waals surface area contributed by atoms with E-state index in [1.54, 1.807) is 13.8 Å². The molecule has 1 saturated heterocycles. The van der Waals surface area contributed by atoms with Crippen LogP contribution in [-0.4, -0.2) is 46.5 Å². The second kappa shape index (κ2) is 7.60. The first kappa shape index (κ1) is 19.9. The summed E-state index contributed by atoms with van der Waals surface area (Å²) in [4.78, 5) is 46.9. The first-order valence-corrected chi connectivity index (χ1v) is 7.51. The van der Waals surface area contributed by atoms with Crippen molar-refractivity contribution in [1.82, 2.24) is 5.06 Å². The molecule has 0 aromatic carbocycles. The van der Waals surface area contributed by atoms with Crippen molar-refractivity contribution < 1.29 is 29.5 Å². The van der Waals surface area contributed by atoms with Crippen LogP contribution in [0.3, 0.4) is 0 Å². The molecule has 0 N–H and O–H groups in total. The van der Waals surface area contributed by atoms with Crippen LogP contribution in [0, 0.1) is 31.6 Å². The third-order valence-corrected chi connectivity index (χ3v) is 4.37. The lowest BCUT2D eigenvalue weighted by Crippen LogP contribution is -2.47. The highest BCUT2D eigenvalue weighted by Crippen LogP contribution is 2.36. The molecule has 11 heteroatoms. The van der Waals surface area contributed by atoms with Gasteiger partial charge < -0.3 is 14.5 Å². The van der Waals surface area contributed by atoms with Gasteiger partial charge in [-0.2, -0.15) is 0 Å². The highest BCUT2D eigenvalue weighted by molar-refractivity contribution is 5.75. The monoisotopic (exact) mass is 349 g/mol. The minimum Gasteiger partial charge on any atom is -0.367 e. The Balaban J connectivity index is 2.59. The van der Waals surface area contributed by atoms with Crippen LogP contribution in [0.25, 0.3) is 0 Å². The number of rotatable bonds is 9. The lowest BCUT2D eigenvalue weighted by Gasteiger charge is -2.35. The van der Waals surface area contributed by atoms with Gasteiger partial charge in [-0.15, -0.1) is 25.3 Å². The van der Waals surface area contributed by atoms with E-state index in [9.17, 15) is 25.0 Å². The van der Waals surface area contributed by atoms with E-state index in [2.05, 4.69) is 9.68 Å². The molecule has 11 nitrogen and oxygen atoms in total. The largest absolute Gasteiger partial charge is 0.367 e. The predicted molar refractivity (Wildman–Crippen MR) is 79.3 cm³/mol. The second-order valence-electron chi connectivity index (χ2n) is 6.83. The molecule has 0 saturated carbocycles.